The molecular formula is C17H14O5. The van der Waals surface area contributed by atoms with Gasteiger partial charge in [-0.3, -0.25) is 9.59 Å². The molecule has 1 aliphatic carbocycles. The molecule has 0 bridgehead atoms. The lowest BCUT2D eigenvalue weighted by Crippen LogP contribution is -2.22. The molecule has 0 fully saturated rings. The van der Waals surface area contributed by atoms with Crippen LogP contribution in [0.3, 0.4) is 0 Å². The van der Waals surface area contributed by atoms with Crippen LogP contribution in [-0.4, -0.2) is 30.9 Å². The quantitative estimate of drug-likeness (QED) is 0.803. The molecule has 1 N–H and O–H groups in total. The SMILES string of the molecule is COCc1c(O)cc2c(c1OC)C(=O)c1ccccc1C2=O. The molecule has 22 heavy (non-hydrogen) atoms. The van der Waals surface area contributed by atoms with Crippen LogP contribution in [0.25, 0.3) is 0 Å². The van der Waals surface area contributed by atoms with Crippen LogP contribution < -0.4 is 4.74 Å². The number of carbonyl (C=O) groups is 2. The van der Waals surface area contributed by atoms with Crippen LogP contribution in [-0.2, 0) is 11.3 Å². The number of fused-ring (bicyclic) bond motifs is 2. The van der Waals surface area contributed by atoms with E-state index in [1.807, 2.05) is 0 Å². The summed E-state index contributed by atoms with van der Waals surface area (Å²) >= 11 is 0. The molecule has 2 aromatic carbocycles. The Bertz CT molecular complexity index is 792. The van der Waals surface area contributed by atoms with E-state index in [0.29, 0.717) is 16.7 Å². The maximum absolute atomic E-state index is 12.7. The molecule has 0 spiro atoms. The molecule has 1 aliphatic rings. The number of ketones is 2. The van der Waals surface area contributed by atoms with Gasteiger partial charge in [0, 0.05) is 23.8 Å². The summed E-state index contributed by atoms with van der Waals surface area (Å²) < 4.78 is 10.3. The van der Waals surface area contributed by atoms with Crippen LogP contribution in [0, 0.1) is 0 Å². The molecule has 0 atom stereocenters. The van der Waals surface area contributed by atoms with Crippen molar-refractivity contribution in [2.45, 2.75) is 6.61 Å². The predicted molar refractivity (Wildman–Crippen MR) is 78.7 cm³/mol. The number of aromatic hydroxyl groups is 1. The van der Waals surface area contributed by atoms with Gasteiger partial charge in [-0.2, -0.15) is 0 Å². The van der Waals surface area contributed by atoms with E-state index in [0.717, 1.165) is 0 Å². The van der Waals surface area contributed by atoms with Crippen LogP contribution in [0.1, 0.15) is 37.4 Å². The number of methoxy groups -OCH3 is 2. The maximum atomic E-state index is 12.7. The van der Waals surface area contributed by atoms with Gasteiger partial charge < -0.3 is 14.6 Å². The van der Waals surface area contributed by atoms with Crippen molar-refractivity contribution in [3.8, 4) is 11.5 Å². The third-order valence-electron chi connectivity index (χ3n) is 3.74. The predicted octanol–water partition coefficient (Wildman–Crippen LogP) is 2.32. The minimum Gasteiger partial charge on any atom is -0.507 e. The Morgan fingerprint density at radius 1 is 1.00 bits per heavy atom. The topological polar surface area (TPSA) is 72.8 Å². The summed E-state index contributed by atoms with van der Waals surface area (Å²) in [6.07, 6.45) is 0. The number of ether oxygens (including phenoxy) is 2. The van der Waals surface area contributed by atoms with E-state index in [-0.39, 0.29) is 40.8 Å². The molecule has 0 amide bonds. The Balaban J connectivity index is 2.33. The number of benzene rings is 2. The molecule has 5 heteroatoms. The van der Waals surface area contributed by atoms with Crippen LogP contribution in [0.4, 0.5) is 0 Å². The lowest BCUT2D eigenvalue weighted by Gasteiger charge is -2.22. The highest BCUT2D eigenvalue weighted by atomic mass is 16.5. The van der Waals surface area contributed by atoms with Crippen LogP contribution in [0.2, 0.25) is 0 Å². The van der Waals surface area contributed by atoms with Crippen molar-refractivity contribution < 1.29 is 24.2 Å². The largest absolute Gasteiger partial charge is 0.507 e. The van der Waals surface area contributed by atoms with Gasteiger partial charge in [0.2, 0.25) is 0 Å². The minimum atomic E-state index is -0.303. The highest BCUT2D eigenvalue weighted by molar-refractivity contribution is 6.29. The normalized spacial score (nSPS) is 12.8. The fourth-order valence-corrected chi connectivity index (χ4v) is 2.76. The second-order valence-electron chi connectivity index (χ2n) is 4.97. The molecule has 0 saturated heterocycles. The van der Waals surface area contributed by atoms with Crippen LogP contribution in [0.5, 0.6) is 11.5 Å². The van der Waals surface area contributed by atoms with E-state index < -0.39 is 0 Å². The van der Waals surface area contributed by atoms with Crippen LogP contribution in [0.15, 0.2) is 30.3 Å². The lowest BCUT2D eigenvalue weighted by molar-refractivity contribution is 0.0975. The standard InChI is InChI=1S/C17H14O5/c1-21-8-12-13(18)7-11-14(17(12)22-2)16(20)10-6-4-3-5-9(10)15(11)19/h3-7,18H,8H2,1-2H3. The summed E-state index contributed by atoms with van der Waals surface area (Å²) in [5.74, 6) is -0.537. The molecule has 0 aromatic heterocycles. The first-order valence-electron chi connectivity index (χ1n) is 6.70. The highest BCUT2D eigenvalue weighted by Crippen LogP contribution is 2.40. The fourth-order valence-electron chi connectivity index (χ4n) is 2.76. The van der Waals surface area contributed by atoms with Crippen molar-refractivity contribution in [1.82, 2.24) is 0 Å². The summed E-state index contributed by atoms with van der Waals surface area (Å²) in [6, 6.07) is 7.93. The van der Waals surface area contributed by atoms with Gasteiger partial charge in [0.15, 0.2) is 11.6 Å². The van der Waals surface area contributed by atoms with E-state index in [4.69, 9.17) is 9.47 Å². The van der Waals surface area contributed by atoms with E-state index in [1.165, 1.54) is 20.3 Å². The second kappa shape index (κ2) is 5.27. The number of hydrogen-bond donors (Lipinski definition) is 1. The number of hydrogen-bond acceptors (Lipinski definition) is 5. The number of phenols is 1. The molecular weight excluding hydrogens is 284 g/mol. The minimum absolute atomic E-state index is 0.0748. The monoisotopic (exact) mass is 298 g/mol. The summed E-state index contributed by atoms with van der Waals surface area (Å²) in [4.78, 5) is 25.3. The van der Waals surface area contributed by atoms with Gasteiger partial charge >= 0.3 is 0 Å². The molecule has 2 aromatic rings. The zero-order valence-electron chi connectivity index (χ0n) is 12.2. The average Bonchev–Trinajstić information content (AvgIpc) is 2.54. The van der Waals surface area contributed by atoms with Gasteiger partial charge in [0.25, 0.3) is 0 Å². The summed E-state index contributed by atoms with van der Waals surface area (Å²) in [5, 5.41) is 10.1. The Morgan fingerprint density at radius 3 is 2.23 bits per heavy atom. The smallest absolute Gasteiger partial charge is 0.198 e. The van der Waals surface area contributed by atoms with E-state index in [2.05, 4.69) is 0 Å². The lowest BCUT2D eigenvalue weighted by atomic mass is 9.82. The van der Waals surface area contributed by atoms with Gasteiger partial charge in [-0.1, -0.05) is 24.3 Å². The maximum Gasteiger partial charge on any atom is 0.198 e. The van der Waals surface area contributed by atoms with Gasteiger partial charge in [-0.05, 0) is 6.07 Å². The third-order valence-corrected chi connectivity index (χ3v) is 3.74. The van der Waals surface area contributed by atoms with Gasteiger partial charge in [0.05, 0.1) is 24.8 Å². The Morgan fingerprint density at radius 2 is 1.64 bits per heavy atom. The molecule has 0 radical (unpaired) electrons. The fraction of sp³-hybridized carbons (Fsp3) is 0.176. The number of rotatable bonds is 3. The van der Waals surface area contributed by atoms with Crippen LogP contribution >= 0.6 is 0 Å². The van der Waals surface area contributed by atoms with Crippen molar-refractivity contribution in [3.63, 3.8) is 0 Å². The molecule has 0 heterocycles. The van der Waals surface area contributed by atoms with E-state index in [1.54, 1.807) is 24.3 Å². The number of carbonyl (C=O) groups excluding carboxylic acids is 2. The van der Waals surface area contributed by atoms with Crippen molar-refractivity contribution in [2.24, 2.45) is 0 Å². The van der Waals surface area contributed by atoms with Crippen molar-refractivity contribution in [2.75, 3.05) is 14.2 Å². The van der Waals surface area contributed by atoms with E-state index in [9.17, 15) is 14.7 Å². The Labute approximate surface area is 127 Å². The Kier molecular flexibility index (Phi) is 3.42. The third kappa shape index (κ3) is 1.90. The average molecular weight is 298 g/mol. The van der Waals surface area contributed by atoms with Gasteiger partial charge in [-0.15, -0.1) is 0 Å². The zero-order chi connectivity index (χ0) is 15.9. The Hall–Kier alpha value is -2.66. The van der Waals surface area contributed by atoms with Crippen molar-refractivity contribution in [3.05, 3.63) is 58.1 Å². The second-order valence-corrected chi connectivity index (χ2v) is 4.97. The summed E-state index contributed by atoms with van der Waals surface area (Å²) in [6.45, 7) is 0.0748. The summed E-state index contributed by atoms with van der Waals surface area (Å²) in [5.41, 5.74) is 1.35. The molecule has 0 unspecified atom stereocenters. The first-order chi connectivity index (χ1) is 10.6. The highest BCUT2D eigenvalue weighted by Gasteiger charge is 2.34. The summed E-state index contributed by atoms with van der Waals surface area (Å²) in [7, 11) is 2.87. The first-order valence-corrected chi connectivity index (χ1v) is 6.70. The first kappa shape index (κ1) is 14.3. The molecule has 5 nitrogen and oxygen atoms in total. The molecule has 0 aliphatic heterocycles. The van der Waals surface area contributed by atoms with Crippen molar-refractivity contribution >= 4 is 11.6 Å². The molecule has 0 saturated carbocycles. The van der Waals surface area contributed by atoms with Crippen molar-refractivity contribution in [1.29, 1.82) is 0 Å². The molecule has 3 rings (SSSR count). The van der Waals surface area contributed by atoms with Gasteiger partial charge in [-0.25, -0.2) is 0 Å². The van der Waals surface area contributed by atoms with Gasteiger partial charge in [0.1, 0.15) is 11.5 Å². The number of phenolic OH excluding ortho intramolecular Hbond substituents is 1. The zero-order valence-corrected chi connectivity index (χ0v) is 12.2. The van der Waals surface area contributed by atoms with E-state index >= 15 is 0 Å². The molecule has 112 valence electrons.